The third kappa shape index (κ3) is 4.10. The molecule has 0 amide bonds. The number of benzene rings is 2. The van der Waals surface area contributed by atoms with Crippen LogP contribution in [0.4, 0.5) is 13.2 Å². The van der Waals surface area contributed by atoms with Crippen LogP contribution in [0.1, 0.15) is 15.9 Å². The van der Waals surface area contributed by atoms with E-state index < -0.39 is 17.7 Å². The van der Waals surface area contributed by atoms with Crippen LogP contribution in [-0.4, -0.2) is 11.1 Å². The first-order chi connectivity index (χ1) is 10.6. The summed E-state index contributed by atoms with van der Waals surface area (Å²) in [7, 11) is 0. The summed E-state index contributed by atoms with van der Waals surface area (Å²) in [5, 5.41) is 8.34. The smallest absolute Gasteiger partial charge is 0.416 e. The number of carboxylic acid groups (broad SMARTS) is 1. The average molecular weight is 430 g/mol. The standard InChI is InChI=1S/C14H6BrCl2F3O3/c15-9-2-1-7(5-8(9)13(21)22)23-12-10(16)3-6(4-11(12)17)14(18,19)20/h1-5H,(H,21,22). The van der Waals surface area contributed by atoms with Crippen LogP contribution in [0.15, 0.2) is 34.8 Å². The van der Waals surface area contributed by atoms with Gasteiger partial charge in [-0.3, -0.25) is 0 Å². The number of rotatable bonds is 3. The van der Waals surface area contributed by atoms with E-state index in [0.29, 0.717) is 16.6 Å². The summed E-state index contributed by atoms with van der Waals surface area (Å²) in [6.07, 6.45) is -4.60. The van der Waals surface area contributed by atoms with Gasteiger partial charge in [-0.1, -0.05) is 23.2 Å². The summed E-state index contributed by atoms with van der Waals surface area (Å²) in [5.74, 6) is -1.33. The number of carboxylic acids is 1. The Labute approximate surface area is 146 Å². The minimum absolute atomic E-state index is 0.0640. The molecule has 0 aliphatic heterocycles. The van der Waals surface area contributed by atoms with Crippen LogP contribution in [-0.2, 0) is 6.18 Å². The lowest BCUT2D eigenvalue weighted by atomic mass is 10.2. The molecule has 0 fully saturated rings. The quantitative estimate of drug-likeness (QED) is 0.625. The second-order valence-corrected chi connectivity index (χ2v) is 5.98. The minimum atomic E-state index is -4.60. The highest BCUT2D eigenvalue weighted by Crippen LogP contribution is 2.42. The third-order valence-corrected chi connectivity index (χ3v) is 3.97. The topological polar surface area (TPSA) is 46.5 Å². The van der Waals surface area contributed by atoms with Crippen molar-refractivity contribution in [3.05, 3.63) is 56.0 Å². The van der Waals surface area contributed by atoms with E-state index in [2.05, 4.69) is 15.9 Å². The fourth-order valence-electron chi connectivity index (χ4n) is 1.67. The Balaban J connectivity index is 2.42. The molecule has 2 aromatic carbocycles. The molecule has 0 aliphatic carbocycles. The van der Waals surface area contributed by atoms with Crippen molar-refractivity contribution in [1.29, 1.82) is 0 Å². The van der Waals surface area contributed by atoms with Crippen molar-refractivity contribution in [1.82, 2.24) is 0 Å². The molecule has 0 heterocycles. The van der Waals surface area contributed by atoms with Gasteiger partial charge in [0.25, 0.3) is 0 Å². The number of ether oxygens (including phenoxy) is 1. The minimum Gasteiger partial charge on any atom is -0.478 e. The normalized spacial score (nSPS) is 11.4. The summed E-state index contributed by atoms with van der Waals surface area (Å²) in [5.41, 5.74) is -1.09. The molecule has 1 N–H and O–H groups in total. The summed E-state index contributed by atoms with van der Waals surface area (Å²) in [6.45, 7) is 0. The molecule has 2 aromatic rings. The average Bonchev–Trinajstić information content (AvgIpc) is 2.43. The Morgan fingerprint density at radius 2 is 1.70 bits per heavy atom. The molecule has 0 atom stereocenters. The highest BCUT2D eigenvalue weighted by Gasteiger charge is 2.32. The van der Waals surface area contributed by atoms with E-state index >= 15 is 0 Å². The number of hydrogen-bond donors (Lipinski definition) is 1. The van der Waals surface area contributed by atoms with Crippen molar-refractivity contribution in [2.24, 2.45) is 0 Å². The molecule has 3 nitrogen and oxygen atoms in total. The number of halogens is 6. The van der Waals surface area contributed by atoms with Gasteiger partial charge in [0.1, 0.15) is 5.75 Å². The maximum atomic E-state index is 12.7. The molecule has 0 spiro atoms. The first-order valence-electron chi connectivity index (χ1n) is 5.86. The first-order valence-corrected chi connectivity index (χ1v) is 7.41. The molecule has 122 valence electrons. The van der Waals surface area contributed by atoms with Crippen LogP contribution < -0.4 is 4.74 Å². The Bertz CT molecular complexity index is 755. The van der Waals surface area contributed by atoms with Crippen molar-refractivity contribution in [3.63, 3.8) is 0 Å². The third-order valence-electron chi connectivity index (χ3n) is 2.71. The van der Waals surface area contributed by atoms with Gasteiger partial charge in [-0.2, -0.15) is 13.2 Å². The van der Waals surface area contributed by atoms with Gasteiger partial charge < -0.3 is 9.84 Å². The van der Waals surface area contributed by atoms with Crippen LogP contribution in [0, 0.1) is 0 Å². The van der Waals surface area contributed by atoms with E-state index in [-0.39, 0.29) is 27.1 Å². The maximum absolute atomic E-state index is 12.7. The number of hydrogen-bond acceptors (Lipinski definition) is 2. The van der Waals surface area contributed by atoms with Crippen molar-refractivity contribution >= 4 is 45.1 Å². The Hall–Kier alpha value is -1.44. The van der Waals surface area contributed by atoms with Crippen LogP contribution in [0.25, 0.3) is 0 Å². The lowest BCUT2D eigenvalue weighted by Crippen LogP contribution is -2.05. The SMILES string of the molecule is O=C(O)c1cc(Oc2c(Cl)cc(C(F)(F)F)cc2Cl)ccc1Br. The van der Waals surface area contributed by atoms with Crippen LogP contribution in [0.3, 0.4) is 0 Å². The lowest BCUT2D eigenvalue weighted by Gasteiger charge is -2.13. The number of carbonyl (C=O) groups is 1. The van der Waals surface area contributed by atoms with Gasteiger partial charge >= 0.3 is 12.1 Å². The van der Waals surface area contributed by atoms with Crippen molar-refractivity contribution < 1.29 is 27.8 Å². The molecule has 23 heavy (non-hydrogen) atoms. The van der Waals surface area contributed by atoms with Gasteiger partial charge in [0, 0.05) is 4.47 Å². The molecule has 0 aromatic heterocycles. The van der Waals surface area contributed by atoms with E-state index in [9.17, 15) is 18.0 Å². The highest BCUT2D eigenvalue weighted by molar-refractivity contribution is 9.10. The second-order valence-electron chi connectivity index (χ2n) is 4.32. The molecule has 0 saturated heterocycles. The van der Waals surface area contributed by atoms with Gasteiger partial charge in [-0.15, -0.1) is 0 Å². The number of alkyl halides is 3. The zero-order valence-corrected chi connectivity index (χ0v) is 14.0. The fraction of sp³-hybridized carbons (Fsp3) is 0.0714. The Kier molecular flexibility index (Phi) is 5.13. The Morgan fingerprint density at radius 3 is 2.17 bits per heavy atom. The first kappa shape index (κ1) is 17.9. The van der Waals surface area contributed by atoms with E-state index in [1.54, 1.807) is 0 Å². The van der Waals surface area contributed by atoms with Gasteiger partial charge in [-0.25, -0.2) is 4.79 Å². The van der Waals surface area contributed by atoms with E-state index in [4.69, 9.17) is 33.0 Å². The number of aromatic carboxylic acids is 1. The molecule has 0 bridgehead atoms. The molecule has 0 saturated carbocycles. The van der Waals surface area contributed by atoms with Gasteiger partial charge in [-0.05, 0) is 46.3 Å². The summed E-state index contributed by atoms with van der Waals surface area (Å²) >= 11 is 14.6. The van der Waals surface area contributed by atoms with Crippen LogP contribution in [0.2, 0.25) is 10.0 Å². The lowest BCUT2D eigenvalue weighted by molar-refractivity contribution is -0.137. The van der Waals surface area contributed by atoms with Crippen molar-refractivity contribution in [2.75, 3.05) is 0 Å². The molecule has 0 aliphatic rings. The van der Waals surface area contributed by atoms with Gasteiger partial charge in [0.2, 0.25) is 0 Å². The summed E-state index contributed by atoms with van der Waals surface area (Å²) in [4.78, 5) is 11.1. The van der Waals surface area contributed by atoms with Gasteiger partial charge in [0.05, 0.1) is 21.2 Å². The molecule has 9 heteroatoms. The predicted octanol–water partition coefficient (Wildman–Crippen LogP) is 6.27. The van der Waals surface area contributed by atoms with Crippen molar-refractivity contribution in [2.45, 2.75) is 6.18 Å². The van der Waals surface area contributed by atoms with E-state index in [0.717, 1.165) is 0 Å². The van der Waals surface area contributed by atoms with Crippen molar-refractivity contribution in [3.8, 4) is 11.5 Å². The molecule has 0 unspecified atom stereocenters. The van der Waals surface area contributed by atoms with Crippen LogP contribution >= 0.6 is 39.1 Å². The molecule has 0 radical (unpaired) electrons. The Morgan fingerprint density at radius 1 is 1.13 bits per heavy atom. The summed E-state index contributed by atoms with van der Waals surface area (Å²) < 4.78 is 43.7. The zero-order valence-electron chi connectivity index (χ0n) is 10.9. The molecule has 2 rings (SSSR count). The van der Waals surface area contributed by atoms with Crippen LogP contribution in [0.5, 0.6) is 11.5 Å². The summed E-state index contributed by atoms with van der Waals surface area (Å²) in [6, 6.07) is 5.39. The maximum Gasteiger partial charge on any atom is 0.416 e. The highest BCUT2D eigenvalue weighted by atomic mass is 79.9. The molecular weight excluding hydrogens is 424 g/mol. The zero-order chi connectivity index (χ0) is 17.4. The predicted molar refractivity (Wildman–Crippen MR) is 82.6 cm³/mol. The largest absolute Gasteiger partial charge is 0.478 e. The van der Waals surface area contributed by atoms with Gasteiger partial charge in [0.15, 0.2) is 5.75 Å². The van der Waals surface area contributed by atoms with E-state index in [1.165, 1.54) is 18.2 Å². The fourth-order valence-corrected chi connectivity index (χ4v) is 2.65. The van der Waals surface area contributed by atoms with E-state index in [1.807, 2.05) is 0 Å². The monoisotopic (exact) mass is 428 g/mol. The second kappa shape index (κ2) is 6.59. The molecular formula is C14H6BrCl2F3O3.